The van der Waals surface area contributed by atoms with Crippen molar-refractivity contribution in [2.24, 2.45) is 0 Å². The maximum Gasteiger partial charge on any atom is 0.241 e. The van der Waals surface area contributed by atoms with Gasteiger partial charge in [-0.2, -0.15) is 0 Å². The predicted molar refractivity (Wildman–Crippen MR) is 96.0 cm³/mol. The number of nitrogen functional groups attached to an aromatic ring is 1. The van der Waals surface area contributed by atoms with Crippen LogP contribution in [0.3, 0.4) is 0 Å². The fourth-order valence-corrected chi connectivity index (χ4v) is 3.64. The molecule has 24 heavy (non-hydrogen) atoms. The SMILES string of the molecule is Cl.Nc1cccc2c(S(=O)(=O)NCc3ccc(F)cc3)cccc12. The van der Waals surface area contributed by atoms with Gasteiger partial charge in [-0.15, -0.1) is 12.4 Å². The number of anilines is 1. The Balaban J connectivity index is 0.00000208. The van der Waals surface area contributed by atoms with Crippen LogP contribution in [0.1, 0.15) is 5.56 Å². The number of fused-ring (bicyclic) bond motifs is 1. The van der Waals surface area contributed by atoms with Gasteiger partial charge in [0.1, 0.15) is 5.82 Å². The molecule has 0 aliphatic heterocycles. The monoisotopic (exact) mass is 366 g/mol. The van der Waals surface area contributed by atoms with Gasteiger partial charge in [-0.1, -0.05) is 36.4 Å². The number of hydrogen-bond donors (Lipinski definition) is 2. The first-order valence-electron chi connectivity index (χ1n) is 6.99. The molecule has 0 radical (unpaired) electrons. The first-order chi connectivity index (χ1) is 11.0. The van der Waals surface area contributed by atoms with Crippen LogP contribution >= 0.6 is 12.4 Å². The smallest absolute Gasteiger partial charge is 0.241 e. The molecule has 0 bridgehead atoms. The third-order valence-electron chi connectivity index (χ3n) is 3.58. The third-order valence-corrected chi connectivity index (χ3v) is 5.04. The highest BCUT2D eigenvalue weighted by Crippen LogP contribution is 2.27. The number of hydrogen-bond acceptors (Lipinski definition) is 3. The minimum atomic E-state index is -3.71. The van der Waals surface area contributed by atoms with Gasteiger partial charge < -0.3 is 5.73 Å². The Labute approximate surface area is 146 Å². The minimum absolute atomic E-state index is 0. The van der Waals surface area contributed by atoms with Gasteiger partial charge in [0, 0.05) is 23.0 Å². The summed E-state index contributed by atoms with van der Waals surface area (Å²) in [7, 11) is -3.71. The summed E-state index contributed by atoms with van der Waals surface area (Å²) in [5.74, 6) is -0.360. The summed E-state index contributed by atoms with van der Waals surface area (Å²) < 4.78 is 40.6. The molecule has 4 nitrogen and oxygen atoms in total. The summed E-state index contributed by atoms with van der Waals surface area (Å²) in [5, 5.41) is 1.26. The maximum atomic E-state index is 12.9. The van der Waals surface area contributed by atoms with Crippen LogP contribution in [0.15, 0.2) is 65.6 Å². The molecule has 0 heterocycles. The minimum Gasteiger partial charge on any atom is -0.398 e. The van der Waals surface area contributed by atoms with Gasteiger partial charge in [-0.25, -0.2) is 17.5 Å². The van der Waals surface area contributed by atoms with Crippen molar-refractivity contribution in [3.8, 4) is 0 Å². The van der Waals surface area contributed by atoms with E-state index in [4.69, 9.17) is 5.73 Å². The van der Waals surface area contributed by atoms with E-state index in [1.165, 1.54) is 18.2 Å². The molecule has 0 amide bonds. The molecule has 3 aromatic rings. The summed E-state index contributed by atoms with van der Waals surface area (Å²) in [6.45, 7) is 0.0846. The van der Waals surface area contributed by atoms with Gasteiger partial charge in [0.25, 0.3) is 0 Å². The van der Waals surface area contributed by atoms with E-state index in [0.29, 0.717) is 22.0 Å². The van der Waals surface area contributed by atoms with Crippen molar-refractivity contribution in [3.63, 3.8) is 0 Å². The molecule has 0 aliphatic rings. The average molecular weight is 367 g/mol. The molecule has 0 fully saturated rings. The lowest BCUT2D eigenvalue weighted by molar-refractivity contribution is 0.582. The van der Waals surface area contributed by atoms with Crippen LogP contribution in [0.25, 0.3) is 10.8 Å². The summed E-state index contributed by atoms with van der Waals surface area (Å²) >= 11 is 0. The van der Waals surface area contributed by atoms with Gasteiger partial charge in [0.15, 0.2) is 0 Å². The van der Waals surface area contributed by atoms with E-state index >= 15 is 0 Å². The highest BCUT2D eigenvalue weighted by molar-refractivity contribution is 7.89. The van der Waals surface area contributed by atoms with Gasteiger partial charge in [-0.05, 0) is 29.8 Å². The Morgan fingerprint density at radius 3 is 2.25 bits per heavy atom. The van der Waals surface area contributed by atoms with Crippen LogP contribution < -0.4 is 10.5 Å². The molecule has 3 N–H and O–H groups in total. The van der Waals surface area contributed by atoms with Crippen molar-refractivity contribution < 1.29 is 12.8 Å². The van der Waals surface area contributed by atoms with Gasteiger partial charge in [-0.3, -0.25) is 0 Å². The second-order valence-corrected chi connectivity index (χ2v) is 6.88. The lowest BCUT2D eigenvalue weighted by Gasteiger charge is -2.10. The summed E-state index contributed by atoms with van der Waals surface area (Å²) in [6, 6.07) is 15.8. The van der Waals surface area contributed by atoms with E-state index in [1.807, 2.05) is 0 Å². The van der Waals surface area contributed by atoms with E-state index < -0.39 is 10.0 Å². The van der Waals surface area contributed by atoms with E-state index in [-0.39, 0.29) is 29.7 Å². The Morgan fingerprint density at radius 1 is 0.917 bits per heavy atom. The number of nitrogens with two attached hydrogens (primary N) is 1. The van der Waals surface area contributed by atoms with Gasteiger partial charge in [0.05, 0.1) is 4.90 Å². The topological polar surface area (TPSA) is 72.2 Å². The quantitative estimate of drug-likeness (QED) is 0.694. The molecular formula is C17H16ClFN2O2S. The summed E-state index contributed by atoms with van der Waals surface area (Å²) in [5.41, 5.74) is 7.10. The number of rotatable bonds is 4. The van der Waals surface area contributed by atoms with Gasteiger partial charge in [0.2, 0.25) is 10.0 Å². The second-order valence-electron chi connectivity index (χ2n) is 5.15. The van der Waals surface area contributed by atoms with Crippen molar-refractivity contribution in [3.05, 3.63) is 72.0 Å². The molecule has 7 heteroatoms. The number of benzene rings is 3. The average Bonchev–Trinajstić information content (AvgIpc) is 2.54. The first kappa shape index (κ1) is 18.2. The second kappa shape index (κ2) is 7.17. The van der Waals surface area contributed by atoms with Crippen LogP contribution in [0.4, 0.5) is 10.1 Å². The van der Waals surface area contributed by atoms with E-state index in [0.717, 1.165) is 0 Å². The Hall–Kier alpha value is -2.15. The van der Waals surface area contributed by atoms with Crippen LogP contribution in [0.2, 0.25) is 0 Å². The molecule has 0 unspecified atom stereocenters. The van der Waals surface area contributed by atoms with Crippen molar-refractivity contribution in [2.45, 2.75) is 11.4 Å². The Kier molecular flexibility index (Phi) is 5.43. The van der Waals surface area contributed by atoms with Crippen LogP contribution in [-0.2, 0) is 16.6 Å². The van der Waals surface area contributed by atoms with Crippen molar-refractivity contribution >= 4 is 38.9 Å². The highest BCUT2D eigenvalue weighted by Gasteiger charge is 2.17. The number of nitrogens with one attached hydrogen (secondary N) is 1. The first-order valence-corrected chi connectivity index (χ1v) is 8.47. The fourth-order valence-electron chi connectivity index (χ4n) is 2.40. The molecule has 3 aromatic carbocycles. The van der Waals surface area contributed by atoms with Crippen molar-refractivity contribution in [2.75, 3.05) is 5.73 Å². The Bertz CT molecular complexity index is 960. The predicted octanol–water partition coefficient (Wildman–Crippen LogP) is 3.46. The zero-order valence-corrected chi connectivity index (χ0v) is 14.2. The normalized spacial score (nSPS) is 11.2. The molecule has 3 rings (SSSR count). The standard InChI is InChI=1S/C17H15FN2O2S.ClH/c18-13-9-7-12(8-10-13)11-20-23(21,22)17-6-2-3-14-15(17)4-1-5-16(14)19;/h1-10,20H,11,19H2;1H. The van der Waals surface area contributed by atoms with E-state index in [1.54, 1.807) is 42.5 Å². The molecule has 0 aliphatic carbocycles. The van der Waals surface area contributed by atoms with E-state index in [9.17, 15) is 12.8 Å². The molecule has 0 saturated carbocycles. The zero-order chi connectivity index (χ0) is 16.4. The lowest BCUT2D eigenvalue weighted by Crippen LogP contribution is -2.23. The number of sulfonamides is 1. The molecular weight excluding hydrogens is 351 g/mol. The third kappa shape index (κ3) is 3.67. The summed E-state index contributed by atoms with van der Waals surface area (Å²) in [6.07, 6.45) is 0. The molecule has 126 valence electrons. The van der Waals surface area contributed by atoms with Crippen LogP contribution in [0, 0.1) is 5.82 Å². The van der Waals surface area contributed by atoms with Crippen molar-refractivity contribution in [1.29, 1.82) is 0 Å². The Morgan fingerprint density at radius 2 is 1.54 bits per heavy atom. The van der Waals surface area contributed by atoms with Crippen molar-refractivity contribution in [1.82, 2.24) is 4.72 Å². The number of halogens is 2. The van der Waals surface area contributed by atoms with Gasteiger partial charge >= 0.3 is 0 Å². The highest BCUT2D eigenvalue weighted by atomic mass is 35.5. The maximum absolute atomic E-state index is 12.9. The summed E-state index contributed by atoms with van der Waals surface area (Å²) in [4.78, 5) is 0.171. The fraction of sp³-hybridized carbons (Fsp3) is 0.0588. The van der Waals surface area contributed by atoms with E-state index in [2.05, 4.69) is 4.72 Å². The largest absolute Gasteiger partial charge is 0.398 e. The van der Waals surface area contributed by atoms with Crippen LogP contribution in [-0.4, -0.2) is 8.42 Å². The molecule has 0 saturated heterocycles. The zero-order valence-electron chi connectivity index (χ0n) is 12.6. The van der Waals surface area contributed by atoms with Crippen LogP contribution in [0.5, 0.6) is 0 Å². The molecule has 0 atom stereocenters. The molecule has 0 aromatic heterocycles. The molecule has 0 spiro atoms. The lowest BCUT2D eigenvalue weighted by atomic mass is 10.1.